The third-order valence-corrected chi connectivity index (χ3v) is 1.08. The maximum Gasteiger partial charge on any atom is 0.389 e. The first-order chi connectivity index (χ1) is 5.74. The van der Waals surface area contributed by atoms with E-state index in [0.29, 0.717) is 0 Å². The van der Waals surface area contributed by atoms with Crippen molar-refractivity contribution in [3.8, 4) is 0 Å². The molecule has 1 N–H and O–H groups in total. The Hall–Kier alpha value is -1.40. The molecule has 74 valence electrons. The summed E-state index contributed by atoms with van der Waals surface area (Å²) < 4.78 is 34.4. The number of aliphatic carboxylic acids is 1. The van der Waals surface area contributed by atoms with Crippen molar-refractivity contribution in [1.29, 1.82) is 0 Å². The van der Waals surface area contributed by atoms with Crippen molar-refractivity contribution >= 4 is 17.5 Å². The van der Waals surface area contributed by atoms with Gasteiger partial charge >= 0.3 is 17.9 Å². The van der Waals surface area contributed by atoms with Crippen molar-refractivity contribution in [1.82, 2.24) is 0 Å². The van der Waals surface area contributed by atoms with E-state index in [4.69, 9.17) is 5.11 Å². The average Bonchev–Trinajstić information content (AvgIpc) is 1.97. The molecule has 4 nitrogen and oxygen atoms in total. The quantitative estimate of drug-likeness (QED) is 0.529. The molecule has 0 aliphatic heterocycles. The van der Waals surface area contributed by atoms with Gasteiger partial charge in [-0.3, -0.25) is 9.59 Å². The zero-order valence-electron chi connectivity index (χ0n) is 6.22. The zero-order chi connectivity index (χ0) is 10.6. The van der Waals surface area contributed by atoms with Crippen LogP contribution in [0.1, 0.15) is 12.8 Å². The first kappa shape index (κ1) is 11.6. The van der Waals surface area contributed by atoms with E-state index in [2.05, 4.69) is 0 Å². The highest BCUT2D eigenvalue weighted by molar-refractivity contribution is 6.61. The lowest BCUT2D eigenvalue weighted by Crippen LogP contribution is -2.24. The predicted molar refractivity (Wildman–Crippen MR) is 32.9 cm³/mol. The second kappa shape index (κ2) is 4.01. The van der Waals surface area contributed by atoms with Gasteiger partial charge in [-0.15, -0.1) is 0 Å². The molecular formula is C6H5F3O4. The van der Waals surface area contributed by atoms with Crippen molar-refractivity contribution in [2.45, 2.75) is 19.0 Å². The van der Waals surface area contributed by atoms with E-state index in [0.717, 1.165) is 0 Å². The minimum absolute atomic E-state index is 1.12. The Bertz CT molecular complexity index is 243. The van der Waals surface area contributed by atoms with Crippen LogP contribution >= 0.6 is 0 Å². The van der Waals surface area contributed by atoms with E-state index in [1.807, 2.05) is 0 Å². The standard InChI is InChI=1S/C6H5F3O4/c7-6(8,9)2-1-3(10)4(11)5(12)13/h1-2H2,(H,12,13). The maximum atomic E-state index is 11.5. The molecule has 0 atom stereocenters. The molecule has 0 aromatic heterocycles. The van der Waals surface area contributed by atoms with Crippen LogP contribution in [-0.4, -0.2) is 28.8 Å². The summed E-state index contributed by atoms with van der Waals surface area (Å²) in [5.41, 5.74) is 0. The van der Waals surface area contributed by atoms with E-state index >= 15 is 0 Å². The highest BCUT2D eigenvalue weighted by atomic mass is 19.4. The fourth-order valence-electron chi connectivity index (χ4n) is 0.488. The Balaban J connectivity index is 4.04. The number of hydrogen-bond donors (Lipinski definition) is 1. The van der Waals surface area contributed by atoms with Crippen LogP contribution < -0.4 is 0 Å². The largest absolute Gasteiger partial charge is 0.475 e. The average molecular weight is 198 g/mol. The topological polar surface area (TPSA) is 71.4 Å². The molecule has 0 bridgehead atoms. The Labute approximate surface area is 70.3 Å². The Morgan fingerprint density at radius 1 is 1.15 bits per heavy atom. The fourth-order valence-corrected chi connectivity index (χ4v) is 0.488. The molecule has 0 radical (unpaired) electrons. The van der Waals surface area contributed by atoms with E-state index < -0.39 is 36.6 Å². The van der Waals surface area contributed by atoms with Crippen LogP contribution in [0, 0.1) is 0 Å². The molecule has 0 aliphatic rings. The lowest BCUT2D eigenvalue weighted by Gasteiger charge is -2.02. The summed E-state index contributed by atoms with van der Waals surface area (Å²) >= 11 is 0. The number of alkyl halides is 3. The molecule has 0 aromatic rings. The minimum atomic E-state index is -4.56. The van der Waals surface area contributed by atoms with Crippen molar-refractivity contribution in [3.63, 3.8) is 0 Å². The van der Waals surface area contributed by atoms with Gasteiger partial charge < -0.3 is 5.11 Å². The molecule has 13 heavy (non-hydrogen) atoms. The number of hydrogen-bond acceptors (Lipinski definition) is 3. The highest BCUT2D eigenvalue weighted by Crippen LogP contribution is 2.21. The van der Waals surface area contributed by atoms with Crippen molar-refractivity contribution < 1.29 is 32.7 Å². The molecule has 0 saturated heterocycles. The number of carboxylic acid groups (broad SMARTS) is 1. The molecule has 0 amide bonds. The molecule has 0 spiro atoms. The molecule has 7 heteroatoms. The number of carbonyl (C=O) groups is 3. The first-order valence-corrected chi connectivity index (χ1v) is 3.11. The van der Waals surface area contributed by atoms with Gasteiger partial charge in [0.2, 0.25) is 5.78 Å². The normalized spacial score (nSPS) is 11.0. The van der Waals surface area contributed by atoms with Gasteiger partial charge in [-0.1, -0.05) is 0 Å². The summed E-state index contributed by atoms with van der Waals surface area (Å²) in [5.74, 6) is -5.39. The SMILES string of the molecule is O=C(O)C(=O)C(=O)CCC(F)(F)F. The van der Waals surface area contributed by atoms with Crippen LogP contribution in [0.4, 0.5) is 13.2 Å². The van der Waals surface area contributed by atoms with Crippen LogP contribution in [0.5, 0.6) is 0 Å². The van der Waals surface area contributed by atoms with Crippen molar-refractivity contribution in [2.24, 2.45) is 0 Å². The molecule has 0 unspecified atom stereocenters. The van der Waals surface area contributed by atoms with Crippen LogP contribution in [0.25, 0.3) is 0 Å². The van der Waals surface area contributed by atoms with Crippen LogP contribution in [-0.2, 0) is 14.4 Å². The summed E-state index contributed by atoms with van der Waals surface area (Å²) in [5, 5.41) is 7.93. The smallest absolute Gasteiger partial charge is 0.389 e. The molecule has 0 rings (SSSR count). The van der Waals surface area contributed by atoms with Gasteiger partial charge in [-0.25, -0.2) is 4.79 Å². The molecule has 0 heterocycles. The van der Waals surface area contributed by atoms with E-state index in [1.54, 1.807) is 0 Å². The lowest BCUT2D eigenvalue weighted by atomic mass is 10.1. The van der Waals surface area contributed by atoms with Gasteiger partial charge in [0.05, 0.1) is 6.42 Å². The number of carbonyl (C=O) groups excluding carboxylic acids is 2. The van der Waals surface area contributed by atoms with Crippen molar-refractivity contribution in [2.75, 3.05) is 0 Å². The maximum absolute atomic E-state index is 11.5. The zero-order valence-corrected chi connectivity index (χ0v) is 6.22. The van der Waals surface area contributed by atoms with E-state index in [9.17, 15) is 27.6 Å². The van der Waals surface area contributed by atoms with E-state index in [1.165, 1.54) is 0 Å². The van der Waals surface area contributed by atoms with Crippen LogP contribution in [0.3, 0.4) is 0 Å². The van der Waals surface area contributed by atoms with Gasteiger partial charge in [0, 0.05) is 6.42 Å². The number of halogens is 3. The van der Waals surface area contributed by atoms with Gasteiger partial charge in [0.25, 0.3) is 0 Å². The third-order valence-electron chi connectivity index (χ3n) is 1.08. The Morgan fingerprint density at radius 2 is 1.62 bits per heavy atom. The number of carboxylic acids is 1. The van der Waals surface area contributed by atoms with Gasteiger partial charge in [-0.2, -0.15) is 13.2 Å². The van der Waals surface area contributed by atoms with Gasteiger partial charge in [0.1, 0.15) is 0 Å². The van der Waals surface area contributed by atoms with Gasteiger partial charge in [0.15, 0.2) is 0 Å². The molecule has 0 aromatic carbocycles. The van der Waals surface area contributed by atoms with Crippen LogP contribution in [0.2, 0.25) is 0 Å². The molecule has 0 saturated carbocycles. The van der Waals surface area contributed by atoms with Gasteiger partial charge in [-0.05, 0) is 0 Å². The summed E-state index contributed by atoms with van der Waals surface area (Å²) in [7, 11) is 0. The second-order valence-electron chi connectivity index (χ2n) is 2.17. The highest BCUT2D eigenvalue weighted by Gasteiger charge is 2.31. The third kappa shape index (κ3) is 4.94. The lowest BCUT2D eigenvalue weighted by molar-refractivity contribution is -0.156. The minimum Gasteiger partial charge on any atom is -0.475 e. The predicted octanol–water partition coefficient (Wildman–Crippen LogP) is 0.552. The fraction of sp³-hybridized carbons (Fsp3) is 0.500. The number of ketones is 2. The van der Waals surface area contributed by atoms with Crippen molar-refractivity contribution in [3.05, 3.63) is 0 Å². The number of Topliss-reactive ketones (excluding diaryl/α,β-unsaturated/α-hetero) is 2. The molecule has 0 aliphatic carbocycles. The summed E-state index contributed by atoms with van der Waals surface area (Å²) in [6.45, 7) is 0. The Morgan fingerprint density at radius 3 is 1.92 bits per heavy atom. The summed E-state index contributed by atoms with van der Waals surface area (Å²) in [4.78, 5) is 30.5. The monoisotopic (exact) mass is 198 g/mol. The summed E-state index contributed by atoms with van der Waals surface area (Å²) in [6, 6.07) is 0. The second-order valence-corrected chi connectivity index (χ2v) is 2.17. The number of rotatable bonds is 4. The van der Waals surface area contributed by atoms with E-state index in [-0.39, 0.29) is 0 Å². The molecular weight excluding hydrogens is 193 g/mol. The van der Waals surface area contributed by atoms with Crippen LogP contribution in [0.15, 0.2) is 0 Å². The summed E-state index contributed by atoms with van der Waals surface area (Å²) in [6.07, 6.45) is -7.16. The molecule has 0 fully saturated rings. The first-order valence-electron chi connectivity index (χ1n) is 3.11. The Kier molecular flexibility index (Phi) is 3.58.